The normalized spacial score (nSPS) is 19.0. The van der Waals surface area contributed by atoms with Crippen LogP contribution in [0.3, 0.4) is 0 Å². The van der Waals surface area contributed by atoms with E-state index in [-0.39, 0.29) is 12.0 Å². The van der Waals surface area contributed by atoms with Crippen molar-refractivity contribution in [2.75, 3.05) is 13.3 Å². The van der Waals surface area contributed by atoms with Gasteiger partial charge in [0.05, 0.1) is 11.6 Å². The Morgan fingerprint density at radius 3 is 2.59 bits per heavy atom. The van der Waals surface area contributed by atoms with Crippen molar-refractivity contribution in [1.82, 2.24) is 25.5 Å². The fourth-order valence-corrected chi connectivity index (χ4v) is 4.26. The average Bonchev–Trinajstić information content (AvgIpc) is 3.35. The third-order valence-corrected chi connectivity index (χ3v) is 5.69. The number of H-pyrrole nitrogens is 1. The van der Waals surface area contributed by atoms with Crippen LogP contribution in [-0.4, -0.2) is 38.8 Å². The monoisotopic (exact) mass is 374 g/mol. The molecule has 0 spiro atoms. The highest BCUT2D eigenvalue weighted by Gasteiger charge is 2.38. The van der Waals surface area contributed by atoms with E-state index in [1.54, 1.807) is 11.8 Å². The third-order valence-electron chi connectivity index (χ3n) is 4.89. The molecule has 4 rings (SSSR count). The first-order valence-corrected chi connectivity index (χ1v) is 9.76. The van der Waals surface area contributed by atoms with Crippen LogP contribution in [-0.2, 0) is 0 Å². The SMILES string of the molecule is CSc1ccccc1-c1ccc(C2C(C#N)=CN(C)C2c2nnn[nH]2)cc1. The number of nitrogens with zero attached hydrogens (tertiary/aromatic N) is 5. The lowest BCUT2D eigenvalue weighted by atomic mass is 9.86. The lowest BCUT2D eigenvalue weighted by molar-refractivity contribution is 0.328. The predicted octanol–water partition coefficient (Wildman–Crippen LogP) is 3.77. The van der Waals surface area contributed by atoms with Crippen molar-refractivity contribution in [1.29, 1.82) is 5.26 Å². The fourth-order valence-electron chi connectivity index (χ4n) is 3.64. The predicted molar refractivity (Wildman–Crippen MR) is 105 cm³/mol. The molecule has 0 saturated heterocycles. The summed E-state index contributed by atoms with van der Waals surface area (Å²) in [6, 6.07) is 19.0. The van der Waals surface area contributed by atoms with Crippen molar-refractivity contribution in [3.8, 4) is 17.2 Å². The van der Waals surface area contributed by atoms with Crippen LogP contribution in [0.2, 0.25) is 0 Å². The van der Waals surface area contributed by atoms with E-state index in [1.807, 2.05) is 18.1 Å². The van der Waals surface area contributed by atoms with Crippen LogP contribution >= 0.6 is 11.8 Å². The van der Waals surface area contributed by atoms with Crippen LogP contribution in [0.15, 0.2) is 65.2 Å². The van der Waals surface area contributed by atoms with Gasteiger partial charge in [0.25, 0.3) is 0 Å². The Morgan fingerprint density at radius 2 is 1.93 bits per heavy atom. The van der Waals surface area contributed by atoms with Gasteiger partial charge in [-0.25, -0.2) is 5.10 Å². The number of nitriles is 1. The van der Waals surface area contributed by atoms with Crippen molar-refractivity contribution < 1.29 is 0 Å². The van der Waals surface area contributed by atoms with Gasteiger partial charge in [-0.3, -0.25) is 0 Å². The Morgan fingerprint density at radius 1 is 1.15 bits per heavy atom. The number of hydrogen-bond acceptors (Lipinski definition) is 6. The number of tetrazole rings is 1. The summed E-state index contributed by atoms with van der Waals surface area (Å²) in [5.41, 5.74) is 4.15. The second-order valence-electron chi connectivity index (χ2n) is 6.39. The molecule has 2 atom stereocenters. The van der Waals surface area contributed by atoms with E-state index < -0.39 is 0 Å². The van der Waals surface area contributed by atoms with Gasteiger partial charge < -0.3 is 4.90 Å². The minimum atomic E-state index is -0.126. The summed E-state index contributed by atoms with van der Waals surface area (Å²) < 4.78 is 0. The van der Waals surface area contributed by atoms with Gasteiger partial charge in [-0.05, 0) is 39.4 Å². The maximum Gasteiger partial charge on any atom is 0.172 e. The first-order valence-electron chi connectivity index (χ1n) is 8.53. The number of rotatable bonds is 4. The van der Waals surface area contributed by atoms with E-state index in [4.69, 9.17) is 0 Å². The fraction of sp³-hybridized carbons (Fsp3) is 0.200. The number of aromatic amines is 1. The highest BCUT2D eigenvalue weighted by Crippen LogP contribution is 2.44. The molecule has 0 bridgehead atoms. The minimum absolute atomic E-state index is 0.111. The summed E-state index contributed by atoms with van der Waals surface area (Å²) in [4.78, 5) is 3.23. The zero-order chi connectivity index (χ0) is 18.8. The van der Waals surface area contributed by atoms with Gasteiger partial charge in [0.15, 0.2) is 5.82 Å². The van der Waals surface area contributed by atoms with Crippen molar-refractivity contribution in [2.24, 2.45) is 0 Å². The van der Waals surface area contributed by atoms with E-state index >= 15 is 0 Å². The molecule has 1 aliphatic heterocycles. The molecule has 1 aliphatic rings. The number of hydrogen-bond donors (Lipinski definition) is 1. The van der Waals surface area contributed by atoms with E-state index in [2.05, 4.69) is 81.5 Å². The number of thioether (sulfide) groups is 1. The Kier molecular flexibility index (Phi) is 4.65. The summed E-state index contributed by atoms with van der Waals surface area (Å²) in [6.45, 7) is 0. The highest BCUT2D eigenvalue weighted by molar-refractivity contribution is 7.98. The number of likely N-dealkylation sites (N-methyl/N-ethyl adjacent to an activating group) is 1. The summed E-state index contributed by atoms with van der Waals surface area (Å²) in [7, 11) is 1.94. The zero-order valence-electron chi connectivity index (χ0n) is 15.0. The molecule has 0 fully saturated rings. The standard InChI is InChI=1S/C20H18N6S/c1-26-12-15(11-21)18(19(26)20-22-24-25-23-20)14-9-7-13(8-10-14)16-5-3-4-6-17(16)27-2/h3-10,12,18-19H,1-2H3,(H,22,23,24,25). The Bertz CT molecular complexity index is 1000. The van der Waals surface area contributed by atoms with Gasteiger partial charge in [0.1, 0.15) is 6.04 Å². The molecule has 0 aliphatic carbocycles. The molecule has 1 aromatic heterocycles. The molecule has 2 unspecified atom stereocenters. The lowest BCUT2D eigenvalue weighted by Crippen LogP contribution is -2.21. The molecule has 7 heteroatoms. The molecule has 0 saturated carbocycles. The molecular formula is C20H18N6S. The van der Waals surface area contributed by atoms with E-state index in [9.17, 15) is 5.26 Å². The zero-order valence-corrected chi connectivity index (χ0v) is 15.8. The van der Waals surface area contributed by atoms with Gasteiger partial charge in [-0.2, -0.15) is 5.26 Å². The summed E-state index contributed by atoms with van der Waals surface area (Å²) in [5, 5.41) is 23.9. The van der Waals surface area contributed by atoms with Gasteiger partial charge >= 0.3 is 0 Å². The molecule has 2 heterocycles. The van der Waals surface area contributed by atoms with Crippen LogP contribution in [0.1, 0.15) is 23.3 Å². The minimum Gasteiger partial charge on any atom is -0.368 e. The number of benzene rings is 2. The third kappa shape index (κ3) is 3.09. The molecule has 0 amide bonds. The molecular weight excluding hydrogens is 356 g/mol. The number of nitrogens with one attached hydrogen (secondary N) is 1. The summed E-state index contributed by atoms with van der Waals surface area (Å²) >= 11 is 1.74. The van der Waals surface area contributed by atoms with Gasteiger partial charge in [0, 0.05) is 24.1 Å². The van der Waals surface area contributed by atoms with Crippen LogP contribution in [0.25, 0.3) is 11.1 Å². The maximum atomic E-state index is 9.62. The largest absolute Gasteiger partial charge is 0.368 e. The Hall–Kier alpha value is -3.11. The van der Waals surface area contributed by atoms with Crippen molar-refractivity contribution in [3.05, 3.63) is 71.7 Å². The molecule has 2 aromatic carbocycles. The first-order chi connectivity index (χ1) is 13.2. The second kappa shape index (κ2) is 7.25. The quantitative estimate of drug-likeness (QED) is 0.700. The molecule has 0 radical (unpaired) electrons. The van der Waals surface area contributed by atoms with E-state index in [0.29, 0.717) is 11.4 Å². The van der Waals surface area contributed by atoms with Crippen LogP contribution in [0.5, 0.6) is 0 Å². The van der Waals surface area contributed by atoms with Gasteiger partial charge in [-0.1, -0.05) is 42.5 Å². The van der Waals surface area contributed by atoms with Crippen molar-refractivity contribution >= 4 is 11.8 Å². The number of aromatic nitrogens is 4. The van der Waals surface area contributed by atoms with Crippen LogP contribution in [0.4, 0.5) is 0 Å². The summed E-state index contributed by atoms with van der Waals surface area (Å²) in [5.74, 6) is 0.542. The second-order valence-corrected chi connectivity index (χ2v) is 7.24. The summed E-state index contributed by atoms with van der Waals surface area (Å²) in [6.07, 6.45) is 3.95. The van der Waals surface area contributed by atoms with Crippen molar-refractivity contribution in [3.63, 3.8) is 0 Å². The Balaban J connectivity index is 1.72. The van der Waals surface area contributed by atoms with Gasteiger partial charge in [-0.15, -0.1) is 16.9 Å². The van der Waals surface area contributed by atoms with Crippen molar-refractivity contribution in [2.45, 2.75) is 16.9 Å². The molecule has 3 aromatic rings. The van der Waals surface area contributed by atoms with Crippen LogP contribution < -0.4 is 0 Å². The lowest BCUT2D eigenvalue weighted by Gasteiger charge is -2.24. The molecule has 27 heavy (non-hydrogen) atoms. The maximum absolute atomic E-state index is 9.62. The van der Waals surface area contributed by atoms with E-state index in [0.717, 1.165) is 11.1 Å². The smallest absolute Gasteiger partial charge is 0.172 e. The molecule has 1 N–H and O–H groups in total. The topological polar surface area (TPSA) is 81.5 Å². The van der Waals surface area contributed by atoms with Gasteiger partial charge in [0.2, 0.25) is 0 Å². The average molecular weight is 374 g/mol. The Labute approximate surface area is 161 Å². The molecule has 134 valence electrons. The van der Waals surface area contributed by atoms with E-state index in [1.165, 1.54) is 10.5 Å². The highest BCUT2D eigenvalue weighted by atomic mass is 32.2. The van der Waals surface area contributed by atoms with Crippen LogP contribution in [0, 0.1) is 11.3 Å². The first kappa shape index (κ1) is 17.3. The molecule has 6 nitrogen and oxygen atoms in total.